The number of aliphatic hydroxyl groups is 1. The van der Waals surface area contributed by atoms with Crippen LogP contribution in [0.25, 0.3) is 0 Å². The summed E-state index contributed by atoms with van der Waals surface area (Å²) < 4.78 is 0. The smallest absolute Gasteiger partial charge is 0.227 e. The van der Waals surface area contributed by atoms with E-state index in [1.807, 2.05) is 25.1 Å². The average Bonchev–Trinajstić information content (AvgIpc) is 2.41. The minimum absolute atomic E-state index is 0.000762. The molecule has 0 heterocycles. The lowest BCUT2D eigenvalue weighted by molar-refractivity contribution is -0.121. The Morgan fingerprint density at radius 1 is 1.35 bits per heavy atom. The Morgan fingerprint density at radius 2 is 2.00 bits per heavy atom. The van der Waals surface area contributed by atoms with Crippen molar-refractivity contribution in [1.29, 1.82) is 0 Å². The molecular formula is C17H25NO2. The third-order valence-electron chi connectivity index (χ3n) is 4.45. The maximum atomic E-state index is 12.4. The van der Waals surface area contributed by atoms with Gasteiger partial charge in [-0.05, 0) is 55.2 Å². The van der Waals surface area contributed by atoms with Gasteiger partial charge in [-0.25, -0.2) is 0 Å². The van der Waals surface area contributed by atoms with E-state index < -0.39 is 0 Å². The van der Waals surface area contributed by atoms with Crippen molar-refractivity contribution in [3.8, 4) is 0 Å². The maximum Gasteiger partial charge on any atom is 0.227 e. The molecule has 0 saturated heterocycles. The van der Waals surface area contributed by atoms with Crippen molar-refractivity contribution in [2.45, 2.75) is 53.1 Å². The molecule has 1 saturated carbocycles. The Bertz CT molecular complexity index is 484. The molecule has 20 heavy (non-hydrogen) atoms. The van der Waals surface area contributed by atoms with Gasteiger partial charge >= 0.3 is 0 Å². The Labute approximate surface area is 121 Å². The Balaban J connectivity index is 2.01. The van der Waals surface area contributed by atoms with Gasteiger partial charge < -0.3 is 10.4 Å². The van der Waals surface area contributed by atoms with Crippen LogP contribution in [-0.2, 0) is 11.4 Å². The van der Waals surface area contributed by atoms with Crippen LogP contribution in [0.15, 0.2) is 18.2 Å². The first-order chi connectivity index (χ1) is 9.41. The number of nitrogens with one attached hydrogen (secondary N) is 1. The first-order valence-corrected chi connectivity index (χ1v) is 7.42. The van der Waals surface area contributed by atoms with Crippen LogP contribution in [0.5, 0.6) is 0 Å². The van der Waals surface area contributed by atoms with Crippen LogP contribution >= 0.6 is 0 Å². The van der Waals surface area contributed by atoms with Crippen LogP contribution in [-0.4, -0.2) is 11.0 Å². The predicted octanol–water partition coefficient (Wildman–Crippen LogP) is 3.64. The zero-order valence-electron chi connectivity index (χ0n) is 12.7. The molecule has 1 aliphatic carbocycles. The molecule has 1 fully saturated rings. The van der Waals surface area contributed by atoms with Gasteiger partial charge in [0.05, 0.1) is 6.61 Å². The van der Waals surface area contributed by atoms with Crippen molar-refractivity contribution < 1.29 is 9.90 Å². The fourth-order valence-corrected chi connectivity index (χ4v) is 2.80. The third kappa shape index (κ3) is 3.60. The minimum atomic E-state index is 0.000762. The largest absolute Gasteiger partial charge is 0.392 e. The normalized spacial score (nSPS) is 18.8. The van der Waals surface area contributed by atoms with Gasteiger partial charge in [-0.15, -0.1) is 0 Å². The summed E-state index contributed by atoms with van der Waals surface area (Å²) in [5.41, 5.74) is 3.07. The molecule has 0 radical (unpaired) electrons. The van der Waals surface area contributed by atoms with E-state index in [9.17, 15) is 9.90 Å². The number of amides is 1. The van der Waals surface area contributed by atoms with Gasteiger partial charge in [-0.1, -0.05) is 26.0 Å². The second-order valence-corrected chi connectivity index (χ2v) is 6.74. The molecule has 1 aromatic rings. The summed E-state index contributed by atoms with van der Waals surface area (Å²) in [6.45, 7) is 6.52. The summed E-state index contributed by atoms with van der Waals surface area (Å²) >= 11 is 0. The number of benzene rings is 1. The van der Waals surface area contributed by atoms with Crippen molar-refractivity contribution >= 4 is 11.6 Å². The molecule has 0 bridgehead atoms. The fourth-order valence-electron chi connectivity index (χ4n) is 2.80. The van der Waals surface area contributed by atoms with Crippen LogP contribution < -0.4 is 5.32 Å². The second-order valence-electron chi connectivity index (χ2n) is 6.74. The number of aryl methyl sites for hydroxylation is 1. The third-order valence-corrected chi connectivity index (χ3v) is 4.45. The van der Waals surface area contributed by atoms with E-state index in [0.29, 0.717) is 5.41 Å². The zero-order valence-corrected chi connectivity index (χ0v) is 12.7. The van der Waals surface area contributed by atoms with Crippen molar-refractivity contribution in [2.75, 3.05) is 5.32 Å². The molecule has 2 N–H and O–H groups in total. The molecule has 1 amide bonds. The summed E-state index contributed by atoms with van der Waals surface area (Å²) in [7, 11) is 0. The highest BCUT2D eigenvalue weighted by Gasteiger charge is 2.30. The lowest BCUT2D eigenvalue weighted by Gasteiger charge is -2.33. The SMILES string of the molecule is Cc1ccc(CO)cc1NC(=O)C1CCC(C)(C)CC1. The fraction of sp³-hybridized carbons (Fsp3) is 0.588. The van der Waals surface area contributed by atoms with Crippen molar-refractivity contribution in [2.24, 2.45) is 11.3 Å². The molecule has 1 aliphatic rings. The quantitative estimate of drug-likeness (QED) is 0.884. The summed E-state index contributed by atoms with van der Waals surface area (Å²) in [5, 5.41) is 12.2. The van der Waals surface area contributed by atoms with Crippen molar-refractivity contribution in [3.63, 3.8) is 0 Å². The average molecular weight is 275 g/mol. The molecule has 1 aromatic carbocycles. The lowest BCUT2D eigenvalue weighted by Crippen LogP contribution is -2.30. The van der Waals surface area contributed by atoms with Gasteiger partial charge in [0, 0.05) is 11.6 Å². The van der Waals surface area contributed by atoms with Crippen molar-refractivity contribution in [3.05, 3.63) is 29.3 Å². The summed E-state index contributed by atoms with van der Waals surface area (Å²) in [6, 6.07) is 5.68. The number of hydrogen-bond acceptors (Lipinski definition) is 2. The minimum Gasteiger partial charge on any atom is -0.392 e. The molecule has 3 nitrogen and oxygen atoms in total. The van der Waals surface area contributed by atoms with Gasteiger partial charge in [0.15, 0.2) is 0 Å². The number of aliphatic hydroxyl groups excluding tert-OH is 1. The van der Waals surface area contributed by atoms with Crippen LogP contribution in [0.3, 0.4) is 0 Å². The Kier molecular flexibility index (Phi) is 4.48. The van der Waals surface area contributed by atoms with E-state index in [1.54, 1.807) is 0 Å². The van der Waals surface area contributed by atoms with Crippen LogP contribution in [0.1, 0.15) is 50.7 Å². The van der Waals surface area contributed by atoms with E-state index in [4.69, 9.17) is 0 Å². The molecule has 0 unspecified atom stereocenters. The molecule has 3 heteroatoms. The van der Waals surface area contributed by atoms with Gasteiger partial charge in [0.2, 0.25) is 5.91 Å². The molecule has 0 aliphatic heterocycles. The van der Waals surface area contributed by atoms with Gasteiger partial charge in [0.1, 0.15) is 0 Å². The lowest BCUT2D eigenvalue weighted by atomic mass is 9.73. The topological polar surface area (TPSA) is 49.3 Å². The first kappa shape index (κ1) is 15.0. The molecular weight excluding hydrogens is 250 g/mol. The highest BCUT2D eigenvalue weighted by Crippen LogP contribution is 2.38. The number of carbonyl (C=O) groups is 1. The van der Waals surface area contributed by atoms with Gasteiger partial charge in [-0.2, -0.15) is 0 Å². The van der Waals surface area contributed by atoms with Crippen LogP contribution in [0, 0.1) is 18.3 Å². The van der Waals surface area contributed by atoms with E-state index in [1.165, 1.54) is 0 Å². The first-order valence-electron chi connectivity index (χ1n) is 7.42. The molecule has 2 rings (SSSR count). The highest BCUT2D eigenvalue weighted by molar-refractivity contribution is 5.93. The number of anilines is 1. The van der Waals surface area contributed by atoms with E-state index in [0.717, 1.165) is 42.5 Å². The number of hydrogen-bond donors (Lipinski definition) is 2. The number of rotatable bonds is 3. The Morgan fingerprint density at radius 3 is 2.60 bits per heavy atom. The highest BCUT2D eigenvalue weighted by atomic mass is 16.3. The summed E-state index contributed by atoms with van der Waals surface area (Å²) in [6.07, 6.45) is 4.16. The van der Waals surface area contributed by atoms with Gasteiger partial charge in [0.25, 0.3) is 0 Å². The number of carbonyl (C=O) groups excluding carboxylic acids is 1. The Hall–Kier alpha value is -1.35. The van der Waals surface area contributed by atoms with Gasteiger partial charge in [-0.3, -0.25) is 4.79 Å². The van der Waals surface area contributed by atoms with Crippen LogP contribution in [0.4, 0.5) is 5.69 Å². The maximum absolute atomic E-state index is 12.4. The van der Waals surface area contributed by atoms with Crippen molar-refractivity contribution in [1.82, 2.24) is 0 Å². The molecule has 110 valence electrons. The predicted molar refractivity (Wildman–Crippen MR) is 81.5 cm³/mol. The second kappa shape index (κ2) is 5.96. The van der Waals surface area contributed by atoms with E-state index >= 15 is 0 Å². The molecule has 0 atom stereocenters. The van der Waals surface area contributed by atoms with E-state index in [2.05, 4.69) is 19.2 Å². The van der Waals surface area contributed by atoms with Crippen LogP contribution in [0.2, 0.25) is 0 Å². The standard InChI is InChI=1S/C17H25NO2/c1-12-4-5-13(11-19)10-15(12)18-16(20)14-6-8-17(2,3)9-7-14/h4-5,10,14,19H,6-9,11H2,1-3H3,(H,18,20). The summed E-state index contributed by atoms with van der Waals surface area (Å²) in [5.74, 6) is 0.249. The molecule has 0 aromatic heterocycles. The zero-order chi connectivity index (χ0) is 14.8. The van der Waals surface area contributed by atoms with E-state index in [-0.39, 0.29) is 18.4 Å². The summed E-state index contributed by atoms with van der Waals surface area (Å²) in [4.78, 5) is 12.4. The molecule has 0 spiro atoms. The monoisotopic (exact) mass is 275 g/mol.